The fraction of sp³-hybridized carbons (Fsp3) is 0.312. The minimum atomic E-state index is 0.0603. The van der Waals surface area contributed by atoms with Crippen molar-refractivity contribution in [1.29, 1.82) is 0 Å². The Labute approximate surface area is 214 Å². The summed E-state index contributed by atoms with van der Waals surface area (Å²) in [4.78, 5) is 15.5. The van der Waals surface area contributed by atoms with Crippen LogP contribution in [0.5, 0.6) is 0 Å². The molecule has 36 heavy (non-hydrogen) atoms. The van der Waals surface area contributed by atoms with E-state index < -0.39 is 0 Å². The van der Waals surface area contributed by atoms with Crippen LogP contribution in [0.3, 0.4) is 0 Å². The van der Waals surface area contributed by atoms with E-state index in [9.17, 15) is 4.79 Å². The maximum absolute atomic E-state index is 13.2. The number of hydrogen-bond donors (Lipinski definition) is 0. The van der Waals surface area contributed by atoms with Crippen LogP contribution in [0, 0.1) is 12.3 Å². The molecule has 0 atom stereocenters. The van der Waals surface area contributed by atoms with Crippen LogP contribution in [-0.2, 0) is 0 Å². The highest BCUT2D eigenvalue weighted by Crippen LogP contribution is 2.42. The Hall–Kier alpha value is -3.84. The fourth-order valence-corrected chi connectivity index (χ4v) is 4.99. The molecule has 2 aromatic carbocycles. The van der Waals surface area contributed by atoms with Gasteiger partial charge in [-0.3, -0.25) is 4.79 Å². The summed E-state index contributed by atoms with van der Waals surface area (Å²) in [5.41, 5.74) is 5.56. The number of fused-ring (bicyclic) bond motifs is 2. The first-order valence-electron chi connectivity index (χ1n) is 13.0. The Kier molecular flexibility index (Phi) is 7.90. The average molecular weight is 480 g/mol. The van der Waals surface area contributed by atoms with E-state index in [1.807, 2.05) is 24.3 Å². The molecule has 0 N–H and O–H groups in total. The molecule has 2 aliphatic rings. The van der Waals surface area contributed by atoms with Crippen LogP contribution in [0.25, 0.3) is 33.4 Å². The number of carbonyl (C=O) groups excluding carboxylic acids is 1. The van der Waals surface area contributed by atoms with Gasteiger partial charge in [0.25, 0.3) is 0 Å². The van der Waals surface area contributed by atoms with Crippen molar-refractivity contribution in [3.05, 3.63) is 71.6 Å². The smallest absolute Gasteiger partial charge is 0.203 e. The third-order valence-electron chi connectivity index (χ3n) is 6.94. The molecule has 4 rings (SSSR count). The second kappa shape index (κ2) is 11.3. The standard InChI is InChI=1S/C32H35N2O2/c1-6-11-16-29(35)25-14-12-13-15-26(25)32-27-19-17-23(33(7-2)8-3)21-30(27)36-31-22-24(18-20-28(31)32)34(9-4)10-5/h1,12-15,17-22H,7-11,16H2,2-5H3/q+1. The molecule has 0 saturated carbocycles. The number of terminal acetylenes is 1. The molecule has 1 heterocycles. The van der Waals surface area contributed by atoms with E-state index >= 15 is 0 Å². The van der Waals surface area contributed by atoms with Crippen molar-refractivity contribution in [2.24, 2.45) is 0 Å². The number of ketones is 1. The molecule has 0 aromatic heterocycles. The van der Waals surface area contributed by atoms with Crippen LogP contribution in [-0.4, -0.2) is 32.0 Å². The SMILES string of the molecule is C#CCCC(=O)c1ccccc1-c1c2ccc(=[N+](CC)CC)cc-2oc2cc(N(CC)CC)ccc12. The predicted molar refractivity (Wildman–Crippen MR) is 151 cm³/mol. The Balaban J connectivity index is 2.08. The van der Waals surface area contributed by atoms with Gasteiger partial charge in [-0.1, -0.05) is 24.3 Å². The molecule has 0 amide bonds. The number of carbonyl (C=O) groups is 1. The number of Topliss-reactive ketones (excluding diaryl/α,β-unsaturated/α-hetero) is 1. The first kappa shape index (κ1) is 25.3. The van der Waals surface area contributed by atoms with Crippen molar-refractivity contribution in [2.45, 2.75) is 40.5 Å². The summed E-state index contributed by atoms with van der Waals surface area (Å²) in [7, 11) is 0. The van der Waals surface area contributed by atoms with Gasteiger partial charge in [0.2, 0.25) is 5.36 Å². The van der Waals surface area contributed by atoms with Crippen molar-refractivity contribution in [1.82, 2.24) is 4.58 Å². The molecule has 1 aliphatic heterocycles. The van der Waals surface area contributed by atoms with Crippen molar-refractivity contribution < 1.29 is 9.21 Å². The van der Waals surface area contributed by atoms with Gasteiger partial charge in [-0.25, -0.2) is 4.58 Å². The third kappa shape index (κ3) is 4.79. The third-order valence-corrected chi connectivity index (χ3v) is 6.94. The van der Waals surface area contributed by atoms with Gasteiger partial charge in [-0.15, -0.1) is 12.3 Å². The van der Waals surface area contributed by atoms with Crippen molar-refractivity contribution in [3.63, 3.8) is 0 Å². The lowest BCUT2D eigenvalue weighted by atomic mass is 9.89. The summed E-state index contributed by atoms with van der Waals surface area (Å²) >= 11 is 0. The lowest BCUT2D eigenvalue weighted by Crippen LogP contribution is -2.29. The number of rotatable bonds is 9. The van der Waals surface area contributed by atoms with Crippen LogP contribution in [0.4, 0.5) is 5.69 Å². The lowest BCUT2D eigenvalue weighted by molar-refractivity contribution is 0.0985. The molecule has 1 aliphatic carbocycles. The van der Waals surface area contributed by atoms with Gasteiger partial charge in [0.15, 0.2) is 5.78 Å². The zero-order valence-corrected chi connectivity index (χ0v) is 21.8. The molecule has 0 radical (unpaired) electrons. The molecule has 0 unspecified atom stereocenters. The Morgan fingerprint density at radius 3 is 2.39 bits per heavy atom. The minimum Gasteiger partial charge on any atom is -0.456 e. The van der Waals surface area contributed by atoms with Gasteiger partial charge >= 0.3 is 0 Å². The van der Waals surface area contributed by atoms with Gasteiger partial charge < -0.3 is 9.32 Å². The topological polar surface area (TPSA) is 36.5 Å². The highest BCUT2D eigenvalue weighted by atomic mass is 16.3. The second-order valence-corrected chi connectivity index (χ2v) is 8.86. The van der Waals surface area contributed by atoms with Gasteiger partial charge in [0.1, 0.15) is 24.4 Å². The number of hydrogen-bond acceptors (Lipinski definition) is 3. The largest absolute Gasteiger partial charge is 0.456 e. The predicted octanol–water partition coefficient (Wildman–Crippen LogP) is 6.46. The van der Waals surface area contributed by atoms with E-state index in [4.69, 9.17) is 10.8 Å². The van der Waals surface area contributed by atoms with Crippen LogP contribution in [0.2, 0.25) is 0 Å². The van der Waals surface area contributed by atoms with Crippen molar-refractivity contribution in [2.75, 3.05) is 31.1 Å². The number of benzene rings is 3. The van der Waals surface area contributed by atoms with Gasteiger partial charge in [-0.05, 0) is 51.5 Å². The molecular weight excluding hydrogens is 444 g/mol. The summed E-state index contributed by atoms with van der Waals surface area (Å²) in [5, 5.41) is 2.12. The molecule has 0 spiro atoms. The van der Waals surface area contributed by atoms with Crippen molar-refractivity contribution in [3.8, 4) is 34.8 Å². The Morgan fingerprint density at radius 1 is 0.944 bits per heavy atom. The van der Waals surface area contributed by atoms with E-state index in [-0.39, 0.29) is 5.78 Å². The fourth-order valence-electron chi connectivity index (χ4n) is 4.99. The molecule has 2 aromatic rings. The van der Waals surface area contributed by atoms with Crippen LogP contribution < -0.4 is 14.8 Å². The van der Waals surface area contributed by atoms with E-state index in [1.165, 1.54) is 0 Å². The monoisotopic (exact) mass is 479 g/mol. The highest BCUT2D eigenvalue weighted by Gasteiger charge is 2.22. The molecule has 0 fully saturated rings. The molecule has 4 nitrogen and oxygen atoms in total. The number of anilines is 1. The summed E-state index contributed by atoms with van der Waals surface area (Å²) in [6.07, 6.45) is 6.22. The van der Waals surface area contributed by atoms with Crippen LogP contribution in [0.1, 0.15) is 50.9 Å². The second-order valence-electron chi connectivity index (χ2n) is 8.86. The average Bonchev–Trinajstić information content (AvgIpc) is 2.91. The van der Waals surface area contributed by atoms with Gasteiger partial charge in [-0.2, -0.15) is 0 Å². The van der Waals surface area contributed by atoms with E-state index in [0.717, 1.165) is 70.6 Å². The zero-order chi connectivity index (χ0) is 25.7. The molecule has 4 heteroatoms. The van der Waals surface area contributed by atoms with Gasteiger partial charge in [0.05, 0.1) is 6.07 Å². The van der Waals surface area contributed by atoms with E-state index in [0.29, 0.717) is 18.4 Å². The maximum Gasteiger partial charge on any atom is 0.203 e. The Bertz CT molecular complexity index is 1460. The minimum absolute atomic E-state index is 0.0603. The summed E-state index contributed by atoms with van der Waals surface area (Å²) in [5.74, 6) is 3.47. The van der Waals surface area contributed by atoms with Crippen LogP contribution >= 0.6 is 0 Å². The van der Waals surface area contributed by atoms with Crippen LogP contribution in [0.15, 0.2) is 65.1 Å². The van der Waals surface area contributed by atoms with E-state index in [1.54, 1.807) is 0 Å². The summed E-state index contributed by atoms with van der Waals surface area (Å²) in [6, 6.07) is 20.6. The van der Waals surface area contributed by atoms with Gasteiger partial charge in [0, 0.05) is 65.8 Å². The highest BCUT2D eigenvalue weighted by molar-refractivity contribution is 6.10. The number of nitrogens with zero attached hydrogens (tertiary/aromatic N) is 2. The first-order chi connectivity index (χ1) is 17.6. The Morgan fingerprint density at radius 2 is 1.69 bits per heavy atom. The molecular formula is C32H35N2O2+. The molecule has 184 valence electrons. The molecule has 0 bridgehead atoms. The lowest BCUT2D eigenvalue weighted by Gasteiger charge is -2.22. The normalized spacial score (nSPS) is 11.0. The van der Waals surface area contributed by atoms with E-state index in [2.05, 4.69) is 79.5 Å². The summed E-state index contributed by atoms with van der Waals surface area (Å²) < 4.78 is 8.88. The summed E-state index contributed by atoms with van der Waals surface area (Å²) in [6.45, 7) is 12.3. The zero-order valence-electron chi connectivity index (χ0n) is 21.8. The first-order valence-corrected chi connectivity index (χ1v) is 13.0. The van der Waals surface area contributed by atoms with Crippen molar-refractivity contribution >= 4 is 22.4 Å². The molecule has 0 saturated heterocycles. The quantitative estimate of drug-likeness (QED) is 0.120. The maximum atomic E-state index is 13.2.